The zero-order valence-corrected chi connectivity index (χ0v) is 10.8. The molecule has 3 aromatic rings. The van der Waals surface area contributed by atoms with Gasteiger partial charge in [-0.15, -0.1) is 11.3 Å². The summed E-state index contributed by atoms with van der Waals surface area (Å²) in [7, 11) is 0. The number of benzene rings is 1. The monoisotopic (exact) mass is 255 g/mol. The van der Waals surface area contributed by atoms with Crippen LogP contribution < -0.4 is 0 Å². The first-order chi connectivity index (χ1) is 8.74. The van der Waals surface area contributed by atoms with Crippen molar-refractivity contribution in [3.8, 4) is 0 Å². The molecule has 2 heterocycles. The van der Waals surface area contributed by atoms with Crippen molar-refractivity contribution >= 4 is 21.6 Å². The maximum absolute atomic E-state index is 10.4. The standard InChI is InChI=1S/C15H13NOS/c1-10-3-2-4-11(7-10)15(17)12-8-14-13(16-9-12)5-6-18-14/h2-9,15,17H,1H3. The molecule has 0 amide bonds. The highest BCUT2D eigenvalue weighted by molar-refractivity contribution is 7.17. The molecule has 0 spiro atoms. The smallest absolute Gasteiger partial charge is 0.106 e. The number of nitrogens with zero attached hydrogens (tertiary/aromatic N) is 1. The summed E-state index contributed by atoms with van der Waals surface area (Å²) in [6.07, 6.45) is 1.14. The minimum Gasteiger partial charge on any atom is -0.384 e. The Balaban J connectivity index is 2.02. The van der Waals surface area contributed by atoms with Gasteiger partial charge >= 0.3 is 0 Å². The number of pyridine rings is 1. The average Bonchev–Trinajstić information content (AvgIpc) is 2.85. The number of thiophene rings is 1. The largest absolute Gasteiger partial charge is 0.384 e. The Morgan fingerprint density at radius 2 is 2.06 bits per heavy atom. The molecule has 1 atom stereocenters. The third-order valence-electron chi connectivity index (χ3n) is 3.00. The van der Waals surface area contributed by atoms with E-state index in [0.29, 0.717) is 0 Å². The summed E-state index contributed by atoms with van der Waals surface area (Å²) >= 11 is 1.64. The molecule has 1 aromatic carbocycles. The molecule has 1 N–H and O–H groups in total. The van der Waals surface area contributed by atoms with E-state index in [1.807, 2.05) is 48.7 Å². The molecule has 0 fully saturated rings. The zero-order valence-electron chi connectivity index (χ0n) is 10.00. The fraction of sp³-hybridized carbons (Fsp3) is 0.133. The topological polar surface area (TPSA) is 33.1 Å². The Morgan fingerprint density at radius 1 is 1.17 bits per heavy atom. The van der Waals surface area contributed by atoms with E-state index in [0.717, 1.165) is 26.9 Å². The van der Waals surface area contributed by atoms with Crippen LogP contribution in [0.1, 0.15) is 22.8 Å². The van der Waals surface area contributed by atoms with Crippen LogP contribution in [0, 0.1) is 6.92 Å². The molecule has 18 heavy (non-hydrogen) atoms. The first-order valence-corrected chi connectivity index (χ1v) is 6.70. The number of aliphatic hydroxyl groups is 1. The summed E-state index contributed by atoms with van der Waals surface area (Å²) in [5.41, 5.74) is 3.89. The highest BCUT2D eigenvalue weighted by atomic mass is 32.1. The lowest BCUT2D eigenvalue weighted by molar-refractivity contribution is 0.220. The Labute approximate surface area is 110 Å². The van der Waals surface area contributed by atoms with Crippen LogP contribution in [0.5, 0.6) is 0 Å². The van der Waals surface area contributed by atoms with Gasteiger partial charge in [0.1, 0.15) is 6.10 Å². The second kappa shape index (κ2) is 4.52. The van der Waals surface area contributed by atoms with Crippen molar-refractivity contribution in [2.24, 2.45) is 0 Å². The molecule has 3 heteroatoms. The number of aromatic nitrogens is 1. The molecule has 0 saturated carbocycles. The van der Waals surface area contributed by atoms with E-state index in [-0.39, 0.29) is 0 Å². The van der Waals surface area contributed by atoms with Gasteiger partial charge in [0.05, 0.1) is 10.2 Å². The van der Waals surface area contributed by atoms with E-state index >= 15 is 0 Å². The number of aryl methyl sites for hydroxylation is 1. The van der Waals surface area contributed by atoms with Crippen LogP contribution in [0.25, 0.3) is 10.2 Å². The maximum Gasteiger partial charge on any atom is 0.106 e. The molecule has 0 radical (unpaired) electrons. The molecule has 2 aromatic heterocycles. The fourth-order valence-electron chi connectivity index (χ4n) is 2.04. The van der Waals surface area contributed by atoms with Gasteiger partial charge in [-0.3, -0.25) is 4.98 Å². The van der Waals surface area contributed by atoms with Crippen LogP contribution in [-0.4, -0.2) is 10.1 Å². The molecule has 0 aliphatic rings. The highest BCUT2D eigenvalue weighted by Gasteiger charge is 2.11. The van der Waals surface area contributed by atoms with Crippen LogP contribution >= 0.6 is 11.3 Å². The lowest BCUT2D eigenvalue weighted by Gasteiger charge is -2.11. The Hall–Kier alpha value is -1.71. The molecular formula is C15H13NOS. The molecule has 3 rings (SSSR count). The van der Waals surface area contributed by atoms with E-state index in [1.54, 1.807) is 17.5 Å². The summed E-state index contributed by atoms with van der Waals surface area (Å²) in [6, 6.07) is 11.9. The second-order valence-electron chi connectivity index (χ2n) is 4.39. The van der Waals surface area contributed by atoms with Crippen LogP contribution in [0.15, 0.2) is 48.0 Å². The van der Waals surface area contributed by atoms with Crippen molar-refractivity contribution in [2.75, 3.05) is 0 Å². The number of hydrogen-bond acceptors (Lipinski definition) is 3. The number of hydrogen-bond donors (Lipinski definition) is 1. The van der Waals surface area contributed by atoms with Gasteiger partial charge in [0.15, 0.2) is 0 Å². The zero-order chi connectivity index (χ0) is 12.5. The molecule has 90 valence electrons. The average molecular weight is 255 g/mol. The minimum atomic E-state index is -0.608. The summed E-state index contributed by atoms with van der Waals surface area (Å²) < 4.78 is 1.11. The summed E-state index contributed by atoms with van der Waals surface area (Å²) in [5.74, 6) is 0. The molecule has 2 nitrogen and oxygen atoms in total. The quantitative estimate of drug-likeness (QED) is 0.757. The number of aliphatic hydroxyl groups excluding tert-OH is 1. The van der Waals surface area contributed by atoms with E-state index in [1.165, 1.54) is 0 Å². The van der Waals surface area contributed by atoms with Gasteiger partial charge in [0, 0.05) is 11.8 Å². The second-order valence-corrected chi connectivity index (χ2v) is 5.34. The molecule has 0 saturated heterocycles. The van der Waals surface area contributed by atoms with Gasteiger partial charge < -0.3 is 5.11 Å². The van der Waals surface area contributed by atoms with E-state index in [9.17, 15) is 5.11 Å². The van der Waals surface area contributed by atoms with Crippen molar-refractivity contribution in [3.63, 3.8) is 0 Å². The predicted octanol–water partition coefficient (Wildman–Crippen LogP) is 3.69. The number of rotatable bonds is 2. The Kier molecular flexibility index (Phi) is 2.86. The van der Waals surface area contributed by atoms with Gasteiger partial charge in [-0.25, -0.2) is 0 Å². The Bertz CT molecular complexity index is 690. The van der Waals surface area contributed by atoms with Crippen molar-refractivity contribution in [3.05, 3.63) is 64.7 Å². The third-order valence-corrected chi connectivity index (χ3v) is 3.85. The normalized spacial score (nSPS) is 12.8. The van der Waals surface area contributed by atoms with Crippen molar-refractivity contribution < 1.29 is 5.11 Å². The highest BCUT2D eigenvalue weighted by Crippen LogP contribution is 2.26. The van der Waals surface area contributed by atoms with Crippen LogP contribution in [0.4, 0.5) is 0 Å². The van der Waals surface area contributed by atoms with E-state index in [4.69, 9.17) is 0 Å². The fourth-order valence-corrected chi connectivity index (χ4v) is 2.83. The number of fused-ring (bicyclic) bond motifs is 1. The van der Waals surface area contributed by atoms with E-state index in [2.05, 4.69) is 4.98 Å². The van der Waals surface area contributed by atoms with Gasteiger partial charge in [0.2, 0.25) is 0 Å². The predicted molar refractivity (Wildman–Crippen MR) is 74.9 cm³/mol. The SMILES string of the molecule is Cc1cccc(C(O)c2cnc3ccsc3c2)c1. The van der Waals surface area contributed by atoms with Gasteiger partial charge in [0.25, 0.3) is 0 Å². The van der Waals surface area contributed by atoms with Crippen molar-refractivity contribution in [1.29, 1.82) is 0 Å². The van der Waals surface area contributed by atoms with Crippen LogP contribution in [0.3, 0.4) is 0 Å². The molecular weight excluding hydrogens is 242 g/mol. The van der Waals surface area contributed by atoms with Gasteiger partial charge in [-0.2, -0.15) is 0 Å². The summed E-state index contributed by atoms with van der Waals surface area (Å²) in [6.45, 7) is 2.02. The maximum atomic E-state index is 10.4. The first-order valence-electron chi connectivity index (χ1n) is 5.82. The first kappa shape index (κ1) is 11.4. The van der Waals surface area contributed by atoms with Crippen molar-refractivity contribution in [1.82, 2.24) is 4.98 Å². The third kappa shape index (κ3) is 2.03. The van der Waals surface area contributed by atoms with Crippen LogP contribution in [-0.2, 0) is 0 Å². The summed E-state index contributed by atoms with van der Waals surface area (Å²) in [4.78, 5) is 4.36. The molecule has 1 unspecified atom stereocenters. The van der Waals surface area contributed by atoms with E-state index < -0.39 is 6.10 Å². The van der Waals surface area contributed by atoms with Gasteiger partial charge in [-0.05, 0) is 30.0 Å². The van der Waals surface area contributed by atoms with Gasteiger partial charge in [-0.1, -0.05) is 29.8 Å². The molecule has 0 aliphatic carbocycles. The van der Waals surface area contributed by atoms with Crippen molar-refractivity contribution in [2.45, 2.75) is 13.0 Å². The Morgan fingerprint density at radius 3 is 2.89 bits per heavy atom. The minimum absolute atomic E-state index is 0.608. The van der Waals surface area contributed by atoms with Crippen LogP contribution in [0.2, 0.25) is 0 Å². The summed E-state index contributed by atoms with van der Waals surface area (Å²) in [5, 5.41) is 12.4. The molecule has 0 aliphatic heterocycles. The molecule has 0 bridgehead atoms. The lowest BCUT2D eigenvalue weighted by atomic mass is 10.0. The lowest BCUT2D eigenvalue weighted by Crippen LogP contribution is -2.00.